The van der Waals surface area contributed by atoms with Crippen LogP contribution in [0.3, 0.4) is 0 Å². The Bertz CT molecular complexity index is 1120. The molecule has 0 heterocycles. The molecule has 0 aromatic heterocycles. The second-order valence-corrected chi connectivity index (χ2v) is 5.95. The molecule has 0 saturated heterocycles. The maximum Gasteiger partial charge on any atom is 0.311 e. The molecule has 8 nitrogen and oxygen atoms in total. The van der Waals surface area contributed by atoms with Crippen molar-refractivity contribution < 1.29 is 23.6 Å². The van der Waals surface area contributed by atoms with E-state index in [1.54, 1.807) is 30.3 Å². The highest BCUT2D eigenvalue weighted by atomic mass is 19.1. The highest BCUT2D eigenvalue weighted by Crippen LogP contribution is 2.36. The van der Waals surface area contributed by atoms with E-state index < -0.39 is 16.6 Å². The summed E-state index contributed by atoms with van der Waals surface area (Å²) in [5, 5.41) is 15.0. The number of nitrogens with zero attached hydrogens (tertiary/aromatic N) is 2. The molecule has 0 bridgehead atoms. The average Bonchev–Trinajstić information content (AvgIpc) is 2.74. The predicted molar refractivity (Wildman–Crippen MR) is 108 cm³/mol. The number of benzene rings is 3. The summed E-state index contributed by atoms with van der Waals surface area (Å²) in [6.07, 6.45) is 1.37. The Hall–Kier alpha value is -4.27. The van der Waals surface area contributed by atoms with Crippen molar-refractivity contribution in [3.05, 3.63) is 93.8 Å². The van der Waals surface area contributed by atoms with Gasteiger partial charge in [-0.2, -0.15) is 5.10 Å². The molecule has 3 aromatic rings. The van der Waals surface area contributed by atoms with Crippen LogP contribution in [0.1, 0.15) is 15.9 Å². The topological polar surface area (TPSA) is 103 Å². The van der Waals surface area contributed by atoms with Crippen molar-refractivity contribution in [2.24, 2.45) is 5.10 Å². The molecule has 0 saturated carbocycles. The fourth-order valence-corrected chi connectivity index (χ4v) is 2.52. The number of carbonyl (C=O) groups excluding carboxylic acids is 1. The number of hydrazone groups is 1. The van der Waals surface area contributed by atoms with E-state index in [-0.39, 0.29) is 22.7 Å². The number of hydrogen-bond donors (Lipinski definition) is 1. The summed E-state index contributed by atoms with van der Waals surface area (Å²) in [4.78, 5) is 22.6. The quantitative estimate of drug-likeness (QED) is 0.356. The number of nitro groups is 1. The van der Waals surface area contributed by atoms with Crippen molar-refractivity contribution in [2.75, 3.05) is 7.11 Å². The first kappa shape index (κ1) is 20.5. The van der Waals surface area contributed by atoms with Gasteiger partial charge in [0.05, 0.1) is 18.2 Å². The maximum atomic E-state index is 13.2. The second kappa shape index (κ2) is 9.28. The minimum absolute atomic E-state index is 0.0737. The molecular weight excluding hydrogens is 393 g/mol. The van der Waals surface area contributed by atoms with Gasteiger partial charge in [-0.25, -0.2) is 9.82 Å². The number of nitrogens with one attached hydrogen (secondary N) is 1. The van der Waals surface area contributed by atoms with Crippen molar-refractivity contribution in [1.29, 1.82) is 0 Å². The van der Waals surface area contributed by atoms with Crippen molar-refractivity contribution >= 4 is 17.8 Å². The molecule has 3 aromatic carbocycles. The summed E-state index contributed by atoms with van der Waals surface area (Å²) in [5.41, 5.74) is 2.84. The highest BCUT2D eigenvalue weighted by Gasteiger charge is 2.16. The molecule has 1 amide bonds. The summed E-state index contributed by atoms with van der Waals surface area (Å²) in [5.74, 6) is -0.425. The Balaban J connectivity index is 1.73. The largest absolute Gasteiger partial charge is 0.493 e. The van der Waals surface area contributed by atoms with Crippen molar-refractivity contribution in [2.45, 2.75) is 0 Å². The Labute approximate surface area is 170 Å². The Morgan fingerprint density at radius 2 is 1.87 bits per heavy atom. The Kier molecular flexibility index (Phi) is 6.33. The van der Waals surface area contributed by atoms with Gasteiger partial charge in [-0.3, -0.25) is 14.9 Å². The van der Waals surface area contributed by atoms with Crippen molar-refractivity contribution in [3.63, 3.8) is 0 Å². The van der Waals surface area contributed by atoms with Gasteiger partial charge in [0.2, 0.25) is 5.75 Å². The minimum atomic E-state index is -0.561. The number of nitro benzene ring substituents is 1. The van der Waals surface area contributed by atoms with Crippen LogP contribution >= 0.6 is 0 Å². The molecule has 0 fully saturated rings. The SMILES string of the molecule is COc1cc(/C=N\NC(=O)c2cccc(F)c2)ccc1Oc1ccccc1[N+](=O)[O-]. The van der Waals surface area contributed by atoms with Gasteiger partial charge >= 0.3 is 5.69 Å². The molecular formula is C21H16FN3O5. The van der Waals surface area contributed by atoms with Crippen molar-refractivity contribution in [1.82, 2.24) is 5.43 Å². The molecule has 0 aliphatic carbocycles. The molecule has 1 N–H and O–H groups in total. The van der Waals surface area contributed by atoms with E-state index in [2.05, 4.69) is 10.5 Å². The third kappa shape index (κ3) is 4.96. The first-order valence-electron chi connectivity index (χ1n) is 8.66. The molecule has 9 heteroatoms. The monoisotopic (exact) mass is 409 g/mol. The lowest BCUT2D eigenvalue weighted by Gasteiger charge is -2.11. The predicted octanol–water partition coefficient (Wildman–Crippen LogP) is 4.30. The molecule has 3 rings (SSSR count). The van der Waals surface area contributed by atoms with Gasteiger partial charge in [0.15, 0.2) is 11.5 Å². The Morgan fingerprint density at radius 3 is 2.60 bits per heavy atom. The fraction of sp³-hybridized carbons (Fsp3) is 0.0476. The number of para-hydroxylation sites is 2. The van der Waals surface area contributed by atoms with E-state index in [1.165, 1.54) is 43.7 Å². The van der Waals surface area contributed by atoms with Crippen LogP contribution < -0.4 is 14.9 Å². The zero-order valence-electron chi connectivity index (χ0n) is 15.7. The van der Waals surface area contributed by atoms with Gasteiger partial charge < -0.3 is 9.47 Å². The fourth-order valence-electron chi connectivity index (χ4n) is 2.52. The number of rotatable bonds is 7. The van der Waals surface area contributed by atoms with Gasteiger partial charge in [0.25, 0.3) is 5.91 Å². The molecule has 30 heavy (non-hydrogen) atoms. The maximum absolute atomic E-state index is 13.2. The van der Waals surface area contributed by atoms with Gasteiger partial charge in [-0.15, -0.1) is 0 Å². The van der Waals surface area contributed by atoms with Crippen LogP contribution in [0.15, 0.2) is 71.8 Å². The number of hydrogen-bond acceptors (Lipinski definition) is 6. The van der Waals surface area contributed by atoms with E-state index in [4.69, 9.17) is 9.47 Å². The summed E-state index contributed by atoms with van der Waals surface area (Å²) in [7, 11) is 1.42. The van der Waals surface area contributed by atoms with Crippen LogP contribution in [0.2, 0.25) is 0 Å². The summed E-state index contributed by atoms with van der Waals surface area (Å²) >= 11 is 0. The van der Waals surface area contributed by atoms with E-state index in [0.717, 1.165) is 6.07 Å². The summed E-state index contributed by atoms with van der Waals surface area (Å²) in [6, 6.07) is 16.0. The third-order valence-electron chi connectivity index (χ3n) is 3.94. The van der Waals surface area contributed by atoms with Crippen LogP contribution in [-0.2, 0) is 0 Å². The van der Waals surface area contributed by atoms with Crippen LogP contribution in [0.25, 0.3) is 0 Å². The number of ether oxygens (including phenoxy) is 2. The molecule has 152 valence electrons. The normalized spacial score (nSPS) is 10.6. The number of carbonyl (C=O) groups is 1. The van der Waals surface area contributed by atoms with Crippen LogP contribution in [0.5, 0.6) is 17.2 Å². The van der Waals surface area contributed by atoms with Crippen molar-refractivity contribution in [3.8, 4) is 17.2 Å². The second-order valence-electron chi connectivity index (χ2n) is 5.95. The standard InChI is InChI=1S/C21H16FN3O5/c1-29-20-11-14(13-23-24-21(26)15-5-4-6-16(22)12-15)9-10-19(20)30-18-8-3-2-7-17(18)25(27)28/h2-13H,1H3,(H,24,26)/b23-13-. The molecule has 0 radical (unpaired) electrons. The van der Waals surface area contributed by atoms with Gasteiger partial charge in [-0.05, 0) is 48.0 Å². The van der Waals surface area contributed by atoms with E-state index in [9.17, 15) is 19.3 Å². The lowest BCUT2D eigenvalue weighted by Crippen LogP contribution is -2.17. The highest BCUT2D eigenvalue weighted by molar-refractivity contribution is 5.94. The van der Waals surface area contributed by atoms with Crippen LogP contribution in [0.4, 0.5) is 10.1 Å². The van der Waals surface area contributed by atoms with E-state index >= 15 is 0 Å². The summed E-state index contributed by atoms with van der Waals surface area (Å²) in [6.45, 7) is 0. The smallest absolute Gasteiger partial charge is 0.311 e. The average molecular weight is 409 g/mol. The Morgan fingerprint density at radius 1 is 1.07 bits per heavy atom. The number of methoxy groups -OCH3 is 1. The molecule has 0 atom stereocenters. The number of amides is 1. The van der Waals surface area contributed by atoms with Gasteiger partial charge in [-0.1, -0.05) is 18.2 Å². The zero-order chi connectivity index (χ0) is 21.5. The molecule has 0 spiro atoms. The van der Waals surface area contributed by atoms with Crippen LogP contribution in [-0.4, -0.2) is 24.2 Å². The summed E-state index contributed by atoms with van der Waals surface area (Å²) < 4.78 is 24.1. The third-order valence-corrected chi connectivity index (χ3v) is 3.94. The molecule has 0 aliphatic heterocycles. The van der Waals surface area contributed by atoms with Gasteiger partial charge in [0.1, 0.15) is 5.82 Å². The minimum Gasteiger partial charge on any atom is -0.493 e. The first-order chi connectivity index (χ1) is 14.5. The van der Waals surface area contributed by atoms with E-state index in [0.29, 0.717) is 11.3 Å². The first-order valence-corrected chi connectivity index (χ1v) is 8.66. The van der Waals surface area contributed by atoms with Gasteiger partial charge in [0, 0.05) is 11.6 Å². The van der Waals surface area contributed by atoms with Crippen LogP contribution in [0, 0.1) is 15.9 Å². The molecule has 0 aliphatic rings. The lowest BCUT2D eigenvalue weighted by molar-refractivity contribution is -0.385. The zero-order valence-corrected chi connectivity index (χ0v) is 15.7. The van der Waals surface area contributed by atoms with E-state index in [1.807, 2.05) is 0 Å². The lowest BCUT2D eigenvalue weighted by atomic mass is 10.2. The molecule has 0 unspecified atom stereocenters. The number of halogens is 1.